The van der Waals surface area contributed by atoms with Crippen LogP contribution in [-0.4, -0.2) is 36.8 Å². The third kappa shape index (κ3) is 2.13. The average Bonchev–Trinajstić information content (AvgIpc) is 2.99. The first-order valence-corrected chi connectivity index (χ1v) is 6.31. The largest absolute Gasteiger partial charge is 0.314 e. The van der Waals surface area contributed by atoms with Crippen molar-refractivity contribution in [2.75, 3.05) is 7.05 Å². The Balaban J connectivity index is 1.77. The Morgan fingerprint density at radius 3 is 3.11 bits per heavy atom. The van der Waals surface area contributed by atoms with E-state index in [2.05, 4.69) is 30.4 Å². The topological polar surface area (TPSA) is 73.5 Å². The van der Waals surface area contributed by atoms with E-state index in [1.165, 1.54) is 12.8 Å². The molecule has 0 unspecified atom stereocenters. The molecule has 1 aliphatic rings. The normalized spacial score (nSPS) is 14.7. The SMILES string of the molecule is CNCc1cn(Cc2nnc3n2CCCC3)nn1. The molecule has 0 aliphatic carbocycles. The Labute approximate surface area is 105 Å². The van der Waals surface area contributed by atoms with Crippen LogP contribution < -0.4 is 5.32 Å². The van der Waals surface area contributed by atoms with Crippen molar-refractivity contribution in [2.24, 2.45) is 0 Å². The van der Waals surface area contributed by atoms with Gasteiger partial charge >= 0.3 is 0 Å². The summed E-state index contributed by atoms with van der Waals surface area (Å²) in [4.78, 5) is 0. The zero-order chi connectivity index (χ0) is 12.4. The Morgan fingerprint density at radius 1 is 1.28 bits per heavy atom. The van der Waals surface area contributed by atoms with Gasteiger partial charge in [-0.1, -0.05) is 5.21 Å². The molecule has 1 N–H and O–H groups in total. The highest BCUT2D eigenvalue weighted by Crippen LogP contribution is 2.14. The fraction of sp³-hybridized carbons (Fsp3) is 0.636. The van der Waals surface area contributed by atoms with Crippen molar-refractivity contribution in [1.82, 2.24) is 35.1 Å². The van der Waals surface area contributed by atoms with Crippen LogP contribution in [-0.2, 0) is 26.1 Å². The summed E-state index contributed by atoms with van der Waals surface area (Å²) in [5.41, 5.74) is 0.941. The van der Waals surface area contributed by atoms with E-state index >= 15 is 0 Å². The molecule has 7 nitrogen and oxygen atoms in total. The van der Waals surface area contributed by atoms with Gasteiger partial charge in [-0.3, -0.25) is 0 Å². The molecule has 18 heavy (non-hydrogen) atoms. The molecule has 0 fully saturated rings. The smallest absolute Gasteiger partial charge is 0.154 e. The third-order valence-electron chi connectivity index (χ3n) is 3.18. The Hall–Kier alpha value is -1.76. The maximum Gasteiger partial charge on any atom is 0.154 e. The van der Waals surface area contributed by atoms with E-state index in [1.54, 1.807) is 0 Å². The molecule has 0 aromatic carbocycles. The second-order valence-electron chi connectivity index (χ2n) is 4.58. The Kier molecular flexibility index (Phi) is 3.06. The lowest BCUT2D eigenvalue weighted by Gasteiger charge is -2.14. The van der Waals surface area contributed by atoms with E-state index < -0.39 is 0 Å². The van der Waals surface area contributed by atoms with Crippen LogP contribution in [0.2, 0.25) is 0 Å². The number of rotatable bonds is 4. The predicted octanol–water partition coefficient (Wildman–Crippen LogP) is -0.0264. The monoisotopic (exact) mass is 247 g/mol. The molecule has 3 rings (SSSR count). The van der Waals surface area contributed by atoms with Gasteiger partial charge in [0.25, 0.3) is 0 Å². The fourth-order valence-electron chi connectivity index (χ4n) is 2.31. The second-order valence-corrected chi connectivity index (χ2v) is 4.58. The summed E-state index contributed by atoms with van der Waals surface area (Å²) in [5, 5.41) is 19.7. The number of hydrogen-bond acceptors (Lipinski definition) is 5. The number of aromatic nitrogens is 6. The molecular weight excluding hydrogens is 230 g/mol. The van der Waals surface area contributed by atoms with E-state index in [-0.39, 0.29) is 0 Å². The summed E-state index contributed by atoms with van der Waals surface area (Å²) in [5.74, 6) is 2.08. The minimum absolute atomic E-state index is 0.643. The molecule has 3 heterocycles. The fourth-order valence-corrected chi connectivity index (χ4v) is 2.31. The van der Waals surface area contributed by atoms with Crippen LogP contribution in [0.4, 0.5) is 0 Å². The van der Waals surface area contributed by atoms with Gasteiger partial charge < -0.3 is 9.88 Å². The molecule has 1 aliphatic heterocycles. The van der Waals surface area contributed by atoms with Crippen molar-refractivity contribution in [3.63, 3.8) is 0 Å². The first-order chi connectivity index (χ1) is 8.86. The molecule has 0 bridgehead atoms. The van der Waals surface area contributed by atoms with Crippen molar-refractivity contribution < 1.29 is 0 Å². The zero-order valence-electron chi connectivity index (χ0n) is 10.5. The first-order valence-electron chi connectivity index (χ1n) is 6.31. The minimum Gasteiger partial charge on any atom is -0.314 e. The standard InChI is InChI=1S/C11H17N7/c1-12-6-9-7-17(16-13-9)8-11-15-14-10-4-2-3-5-18(10)11/h7,12H,2-6,8H2,1H3. The quantitative estimate of drug-likeness (QED) is 0.821. The Bertz CT molecular complexity index is 527. The van der Waals surface area contributed by atoms with Crippen LogP contribution in [0.5, 0.6) is 0 Å². The summed E-state index contributed by atoms with van der Waals surface area (Å²) >= 11 is 0. The van der Waals surface area contributed by atoms with Crippen molar-refractivity contribution >= 4 is 0 Å². The summed E-state index contributed by atoms with van der Waals surface area (Å²) in [6.07, 6.45) is 5.41. The van der Waals surface area contributed by atoms with Gasteiger partial charge in [0, 0.05) is 19.5 Å². The molecule has 0 radical (unpaired) electrons. The van der Waals surface area contributed by atoms with Crippen LogP contribution in [0.25, 0.3) is 0 Å². The molecule has 0 amide bonds. The Morgan fingerprint density at radius 2 is 2.22 bits per heavy atom. The zero-order valence-corrected chi connectivity index (χ0v) is 10.5. The second kappa shape index (κ2) is 4.85. The van der Waals surface area contributed by atoms with Crippen molar-refractivity contribution in [3.8, 4) is 0 Å². The van der Waals surface area contributed by atoms with Crippen molar-refractivity contribution in [1.29, 1.82) is 0 Å². The predicted molar refractivity (Wildman–Crippen MR) is 64.8 cm³/mol. The van der Waals surface area contributed by atoms with Crippen LogP contribution in [0.15, 0.2) is 6.20 Å². The highest BCUT2D eigenvalue weighted by atomic mass is 15.4. The van der Waals surface area contributed by atoms with E-state index in [9.17, 15) is 0 Å². The number of hydrogen-bond donors (Lipinski definition) is 1. The number of nitrogens with zero attached hydrogens (tertiary/aromatic N) is 6. The highest BCUT2D eigenvalue weighted by molar-refractivity contribution is 5.00. The van der Waals surface area contributed by atoms with E-state index in [0.717, 1.165) is 36.9 Å². The lowest BCUT2D eigenvalue weighted by molar-refractivity contribution is 0.493. The number of aryl methyl sites for hydroxylation is 1. The van der Waals surface area contributed by atoms with E-state index in [0.29, 0.717) is 6.54 Å². The summed E-state index contributed by atoms with van der Waals surface area (Å²) in [6, 6.07) is 0. The molecule has 0 saturated carbocycles. The summed E-state index contributed by atoms with van der Waals surface area (Å²) < 4.78 is 4.03. The third-order valence-corrected chi connectivity index (χ3v) is 3.18. The average molecular weight is 247 g/mol. The van der Waals surface area contributed by atoms with Gasteiger partial charge in [0.15, 0.2) is 5.82 Å². The molecule has 96 valence electrons. The van der Waals surface area contributed by atoms with Gasteiger partial charge in [0.1, 0.15) is 12.4 Å². The van der Waals surface area contributed by atoms with Gasteiger partial charge in [0.2, 0.25) is 0 Å². The van der Waals surface area contributed by atoms with Gasteiger partial charge in [0.05, 0.1) is 11.9 Å². The first kappa shape index (κ1) is 11.3. The number of nitrogens with one attached hydrogen (secondary N) is 1. The van der Waals surface area contributed by atoms with Gasteiger partial charge in [-0.05, 0) is 19.9 Å². The summed E-state index contributed by atoms with van der Waals surface area (Å²) in [7, 11) is 1.90. The molecule has 2 aromatic rings. The lowest BCUT2D eigenvalue weighted by Crippen LogP contribution is -2.15. The lowest BCUT2D eigenvalue weighted by atomic mass is 10.2. The van der Waals surface area contributed by atoms with Gasteiger partial charge in [-0.25, -0.2) is 4.68 Å². The molecule has 2 aromatic heterocycles. The van der Waals surface area contributed by atoms with Crippen LogP contribution in [0.1, 0.15) is 30.2 Å². The van der Waals surface area contributed by atoms with E-state index in [1.807, 2.05) is 17.9 Å². The van der Waals surface area contributed by atoms with Crippen LogP contribution in [0, 0.1) is 0 Å². The summed E-state index contributed by atoms with van der Waals surface area (Å²) in [6.45, 7) is 2.40. The van der Waals surface area contributed by atoms with Gasteiger partial charge in [-0.2, -0.15) is 0 Å². The molecule has 7 heteroatoms. The van der Waals surface area contributed by atoms with Gasteiger partial charge in [-0.15, -0.1) is 15.3 Å². The molecule has 0 spiro atoms. The van der Waals surface area contributed by atoms with Crippen molar-refractivity contribution in [3.05, 3.63) is 23.5 Å². The maximum atomic E-state index is 4.26. The molecule has 0 atom stereocenters. The number of fused-ring (bicyclic) bond motifs is 1. The highest BCUT2D eigenvalue weighted by Gasteiger charge is 2.16. The molecular formula is C11H17N7. The van der Waals surface area contributed by atoms with Crippen molar-refractivity contribution in [2.45, 2.75) is 38.9 Å². The van der Waals surface area contributed by atoms with E-state index in [4.69, 9.17) is 0 Å². The molecule has 0 saturated heterocycles. The van der Waals surface area contributed by atoms with Crippen LogP contribution in [0.3, 0.4) is 0 Å². The maximum absolute atomic E-state index is 4.26. The minimum atomic E-state index is 0.643. The van der Waals surface area contributed by atoms with Crippen LogP contribution >= 0.6 is 0 Å².